The molecule has 0 saturated carbocycles. The highest BCUT2D eigenvalue weighted by Gasteiger charge is 2.13. The Bertz CT molecular complexity index is 843. The maximum atomic E-state index is 4.78. The molecule has 11 nitrogen and oxygen atoms in total. The Hall–Kier alpha value is -3.28. The lowest BCUT2D eigenvalue weighted by atomic mass is 10.2. The van der Waals surface area contributed by atoms with Gasteiger partial charge in [0, 0.05) is 35.6 Å². The number of nitrogens with one attached hydrogen (secondary N) is 4. The Morgan fingerprint density at radius 3 is 1.36 bits per heavy atom. The standard InChI is InChI=1S/2C6H10N2O.C6H10N2S.C5H9N3.CH4/c3*1-4(2)6-7-5(3)9-8-6;1-4(2)5-6-3-7-8-5;/h3*4H,3H2,1-2H3,(H,7,8);3-4H,1-2H3,(H,6,7,8);1H4. The van der Waals surface area contributed by atoms with Crippen molar-refractivity contribution in [1.29, 1.82) is 0 Å². The van der Waals surface area contributed by atoms with E-state index in [1.165, 1.54) is 18.3 Å². The van der Waals surface area contributed by atoms with Crippen LogP contribution in [0.2, 0.25) is 0 Å². The Morgan fingerprint density at radius 1 is 0.722 bits per heavy atom. The van der Waals surface area contributed by atoms with E-state index in [0.29, 0.717) is 35.4 Å². The Balaban J connectivity index is 0.000000450. The van der Waals surface area contributed by atoms with Gasteiger partial charge < -0.3 is 14.4 Å². The molecule has 4 N–H and O–H groups in total. The summed E-state index contributed by atoms with van der Waals surface area (Å²) >= 11 is 1.49. The van der Waals surface area contributed by atoms with Crippen LogP contribution in [0.25, 0.3) is 0 Å². The lowest BCUT2D eigenvalue weighted by Crippen LogP contribution is -2.21. The summed E-state index contributed by atoms with van der Waals surface area (Å²) < 4.78 is 3.07. The van der Waals surface area contributed by atoms with Gasteiger partial charge in [0.05, 0.1) is 0 Å². The number of amidine groups is 3. The molecule has 202 valence electrons. The highest BCUT2D eigenvalue weighted by molar-refractivity contribution is 8.02. The lowest BCUT2D eigenvalue weighted by Gasteiger charge is -2.01. The van der Waals surface area contributed by atoms with Gasteiger partial charge in [-0.25, -0.2) is 20.9 Å². The minimum absolute atomic E-state index is 0. The first-order chi connectivity index (χ1) is 16.4. The quantitative estimate of drug-likeness (QED) is 0.386. The minimum atomic E-state index is 0. The highest BCUT2D eigenvalue weighted by atomic mass is 32.2. The number of aliphatic imine (C=N–C) groups is 3. The molecule has 36 heavy (non-hydrogen) atoms. The summed E-state index contributed by atoms with van der Waals surface area (Å²) in [6.45, 7) is 27.2. The first-order valence-corrected chi connectivity index (χ1v) is 12.2. The fraction of sp³-hybridized carbons (Fsp3) is 0.542. The zero-order valence-corrected chi connectivity index (χ0v) is 22.8. The molecule has 3 aliphatic rings. The third kappa shape index (κ3) is 12.4. The monoisotopic (exact) mass is 521 g/mol. The molecule has 4 heterocycles. The third-order valence-electron chi connectivity index (χ3n) is 4.18. The van der Waals surface area contributed by atoms with E-state index in [0.717, 1.165) is 28.4 Å². The number of nitrogens with zero attached hydrogens (tertiary/aromatic N) is 5. The van der Waals surface area contributed by atoms with E-state index < -0.39 is 0 Å². The number of rotatable bonds is 4. The summed E-state index contributed by atoms with van der Waals surface area (Å²) in [5, 5.41) is 7.34. The number of H-pyrrole nitrogens is 1. The number of hydrogen-bond donors (Lipinski definition) is 4. The van der Waals surface area contributed by atoms with Crippen molar-refractivity contribution >= 4 is 29.5 Å². The van der Waals surface area contributed by atoms with Gasteiger partial charge in [0.1, 0.15) is 34.7 Å². The smallest absolute Gasteiger partial charge is 0.240 e. The van der Waals surface area contributed by atoms with Crippen molar-refractivity contribution < 1.29 is 9.68 Å². The van der Waals surface area contributed by atoms with Crippen LogP contribution in [-0.4, -0.2) is 32.7 Å². The van der Waals surface area contributed by atoms with Crippen LogP contribution in [0, 0.1) is 17.8 Å². The molecule has 12 heteroatoms. The maximum absolute atomic E-state index is 4.78. The largest absolute Gasteiger partial charge is 0.361 e. The average molecular weight is 522 g/mol. The Labute approximate surface area is 220 Å². The summed E-state index contributed by atoms with van der Waals surface area (Å²) in [7, 11) is 0. The second-order valence-corrected chi connectivity index (χ2v) is 9.65. The third-order valence-corrected chi connectivity index (χ3v) is 4.81. The van der Waals surface area contributed by atoms with Crippen molar-refractivity contribution in [1.82, 2.24) is 30.9 Å². The zero-order chi connectivity index (χ0) is 26.5. The molecular formula is C24H43N9O2S. The molecule has 0 aliphatic carbocycles. The van der Waals surface area contributed by atoms with E-state index in [9.17, 15) is 0 Å². The second kappa shape index (κ2) is 16.4. The number of aromatic amines is 1. The van der Waals surface area contributed by atoms with E-state index in [4.69, 9.17) is 9.68 Å². The fourth-order valence-electron chi connectivity index (χ4n) is 2.11. The van der Waals surface area contributed by atoms with Gasteiger partial charge in [0.25, 0.3) is 0 Å². The number of aromatic nitrogens is 3. The Kier molecular flexibility index (Phi) is 14.9. The van der Waals surface area contributed by atoms with Gasteiger partial charge in [0.2, 0.25) is 11.8 Å². The minimum Gasteiger partial charge on any atom is -0.361 e. The van der Waals surface area contributed by atoms with E-state index in [1.807, 2.05) is 27.7 Å². The number of hydrogen-bond acceptors (Lipinski definition) is 11. The normalized spacial score (nSPS) is 15.4. The fourth-order valence-corrected chi connectivity index (χ4v) is 2.76. The van der Waals surface area contributed by atoms with E-state index in [2.05, 4.69) is 93.3 Å². The van der Waals surface area contributed by atoms with Gasteiger partial charge in [-0.15, -0.1) is 0 Å². The van der Waals surface area contributed by atoms with Crippen molar-refractivity contribution in [2.24, 2.45) is 32.7 Å². The molecule has 0 saturated heterocycles. The molecule has 0 aromatic carbocycles. The van der Waals surface area contributed by atoms with Crippen LogP contribution >= 0.6 is 11.9 Å². The maximum Gasteiger partial charge on any atom is 0.240 e. The number of hydroxylamine groups is 2. The second-order valence-electron chi connectivity index (χ2n) is 8.77. The summed E-state index contributed by atoms with van der Waals surface area (Å²) in [4.78, 5) is 25.6. The molecule has 3 aliphatic heterocycles. The van der Waals surface area contributed by atoms with Gasteiger partial charge >= 0.3 is 0 Å². The Morgan fingerprint density at radius 2 is 1.19 bits per heavy atom. The first-order valence-electron chi connectivity index (χ1n) is 11.4. The summed E-state index contributed by atoms with van der Waals surface area (Å²) in [5.74, 6) is 6.26. The molecule has 1 aromatic heterocycles. The highest BCUT2D eigenvalue weighted by Crippen LogP contribution is 2.19. The van der Waals surface area contributed by atoms with E-state index in [-0.39, 0.29) is 7.43 Å². The zero-order valence-electron chi connectivity index (χ0n) is 22.0. The first kappa shape index (κ1) is 32.7. The van der Waals surface area contributed by atoms with Crippen LogP contribution in [-0.2, 0) is 9.68 Å². The topological polar surface area (TPSA) is 133 Å². The van der Waals surface area contributed by atoms with Crippen molar-refractivity contribution in [3.63, 3.8) is 0 Å². The molecule has 0 unspecified atom stereocenters. The lowest BCUT2D eigenvalue weighted by molar-refractivity contribution is 0.176. The molecule has 0 atom stereocenters. The SMILES string of the molecule is C.C=C1N=C(C(C)C)NO1.C=C1N=C(C(C)C)NO1.C=C1N=C(C(C)C)NS1.CC(C)c1ncn[nH]1. The van der Waals surface area contributed by atoms with E-state index in [1.54, 1.807) is 0 Å². The van der Waals surface area contributed by atoms with Crippen LogP contribution in [0.4, 0.5) is 0 Å². The van der Waals surface area contributed by atoms with Gasteiger partial charge in [-0.1, -0.05) is 69.4 Å². The summed E-state index contributed by atoms with van der Waals surface area (Å²) in [5.41, 5.74) is 5.31. The molecule has 0 radical (unpaired) electrons. The van der Waals surface area contributed by atoms with Crippen molar-refractivity contribution in [3.8, 4) is 0 Å². The van der Waals surface area contributed by atoms with Crippen LogP contribution in [0.5, 0.6) is 0 Å². The van der Waals surface area contributed by atoms with Crippen LogP contribution in [0.15, 0.2) is 57.8 Å². The van der Waals surface area contributed by atoms with Crippen molar-refractivity contribution in [2.75, 3.05) is 0 Å². The van der Waals surface area contributed by atoms with E-state index >= 15 is 0 Å². The molecule has 0 amide bonds. The van der Waals surface area contributed by atoms with Crippen LogP contribution in [0.1, 0.15) is 74.6 Å². The van der Waals surface area contributed by atoms with Crippen LogP contribution in [0.3, 0.4) is 0 Å². The summed E-state index contributed by atoms with van der Waals surface area (Å²) in [6.07, 6.45) is 1.52. The van der Waals surface area contributed by atoms with Crippen LogP contribution < -0.4 is 15.7 Å². The predicted octanol–water partition coefficient (Wildman–Crippen LogP) is 5.42. The molecule has 1 aromatic rings. The average Bonchev–Trinajstić information content (AvgIpc) is 3.57. The molecule has 0 bridgehead atoms. The van der Waals surface area contributed by atoms with Gasteiger partial charge in [-0.05, 0) is 13.2 Å². The van der Waals surface area contributed by atoms with Gasteiger partial charge in [-0.3, -0.25) is 5.10 Å². The molecular weight excluding hydrogens is 478 g/mol. The molecule has 4 rings (SSSR count). The van der Waals surface area contributed by atoms with Gasteiger partial charge in [0.15, 0.2) is 0 Å². The van der Waals surface area contributed by atoms with Crippen molar-refractivity contribution in [2.45, 2.75) is 68.7 Å². The van der Waals surface area contributed by atoms with Gasteiger partial charge in [-0.2, -0.15) is 15.1 Å². The summed E-state index contributed by atoms with van der Waals surface area (Å²) in [6, 6.07) is 0. The molecule has 0 spiro atoms. The predicted molar refractivity (Wildman–Crippen MR) is 151 cm³/mol. The molecule has 0 fully saturated rings. The van der Waals surface area contributed by atoms with Crippen molar-refractivity contribution in [3.05, 3.63) is 48.7 Å².